The fraction of sp³-hybridized carbons (Fsp3) is 0.300. The van der Waals surface area contributed by atoms with E-state index in [4.69, 9.17) is 14.2 Å². The van der Waals surface area contributed by atoms with Crippen molar-refractivity contribution in [3.63, 3.8) is 0 Å². The normalized spacial score (nSPS) is 10.0. The summed E-state index contributed by atoms with van der Waals surface area (Å²) >= 11 is 0. The molecule has 0 unspecified atom stereocenters. The monoisotopic (exact) mass is 372 g/mol. The van der Waals surface area contributed by atoms with Crippen molar-refractivity contribution in [2.45, 2.75) is 6.42 Å². The lowest BCUT2D eigenvalue weighted by Crippen LogP contribution is -2.37. The van der Waals surface area contributed by atoms with E-state index in [1.54, 1.807) is 45.6 Å². The smallest absolute Gasteiger partial charge is 0.251 e. The van der Waals surface area contributed by atoms with E-state index < -0.39 is 0 Å². The summed E-state index contributed by atoms with van der Waals surface area (Å²) in [6.07, 6.45) is 0.637. The summed E-state index contributed by atoms with van der Waals surface area (Å²) in [4.78, 5) is 23.9. The highest BCUT2D eigenvalue weighted by Crippen LogP contribution is 2.27. The number of hydrogen-bond acceptors (Lipinski definition) is 5. The molecule has 0 atom stereocenters. The predicted octanol–water partition coefficient (Wildman–Crippen LogP) is 1.80. The minimum Gasteiger partial charge on any atom is -0.497 e. The molecule has 0 aromatic heterocycles. The van der Waals surface area contributed by atoms with E-state index in [-0.39, 0.29) is 18.4 Å². The highest BCUT2D eigenvalue weighted by molar-refractivity contribution is 5.96. The lowest BCUT2D eigenvalue weighted by molar-refractivity contribution is -0.120. The first-order valence-corrected chi connectivity index (χ1v) is 8.47. The molecule has 0 saturated heterocycles. The molecule has 2 rings (SSSR count). The van der Waals surface area contributed by atoms with E-state index in [2.05, 4.69) is 10.6 Å². The summed E-state index contributed by atoms with van der Waals surface area (Å²) < 4.78 is 15.5. The van der Waals surface area contributed by atoms with Crippen molar-refractivity contribution in [2.75, 3.05) is 34.4 Å². The molecule has 7 nitrogen and oxygen atoms in total. The highest BCUT2D eigenvalue weighted by atomic mass is 16.5. The van der Waals surface area contributed by atoms with Crippen LogP contribution in [0.3, 0.4) is 0 Å². The molecule has 0 saturated carbocycles. The SMILES string of the molecule is COc1ccc(C(=O)NCC(=O)NCCc2ccc(OC)c(OC)c2)cc1. The summed E-state index contributed by atoms with van der Waals surface area (Å²) in [7, 11) is 4.72. The molecular weight excluding hydrogens is 348 g/mol. The summed E-state index contributed by atoms with van der Waals surface area (Å²) in [6.45, 7) is 0.365. The predicted molar refractivity (Wildman–Crippen MR) is 102 cm³/mol. The molecule has 27 heavy (non-hydrogen) atoms. The van der Waals surface area contributed by atoms with Crippen LogP contribution in [0.5, 0.6) is 17.2 Å². The van der Waals surface area contributed by atoms with Crippen LogP contribution in [0.15, 0.2) is 42.5 Å². The minimum absolute atomic E-state index is 0.0865. The summed E-state index contributed by atoms with van der Waals surface area (Å²) in [5.41, 5.74) is 1.48. The van der Waals surface area contributed by atoms with Crippen molar-refractivity contribution in [1.29, 1.82) is 0 Å². The minimum atomic E-state index is -0.312. The van der Waals surface area contributed by atoms with Crippen LogP contribution in [0.1, 0.15) is 15.9 Å². The Labute approximate surface area is 158 Å². The Balaban J connectivity index is 1.75. The lowest BCUT2D eigenvalue weighted by Gasteiger charge is -2.10. The Bertz CT molecular complexity index is 774. The lowest BCUT2D eigenvalue weighted by atomic mass is 10.1. The zero-order chi connectivity index (χ0) is 19.6. The van der Waals surface area contributed by atoms with E-state index in [9.17, 15) is 9.59 Å². The zero-order valence-corrected chi connectivity index (χ0v) is 15.7. The molecule has 2 aromatic rings. The number of ether oxygens (including phenoxy) is 3. The molecule has 0 spiro atoms. The van der Waals surface area contributed by atoms with Crippen molar-refractivity contribution in [1.82, 2.24) is 10.6 Å². The molecule has 144 valence electrons. The van der Waals surface area contributed by atoms with Crippen molar-refractivity contribution in [3.8, 4) is 17.2 Å². The van der Waals surface area contributed by atoms with E-state index in [0.717, 1.165) is 5.56 Å². The molecule has 0 aliphatic heterocycles. The quantitative estimate of drug-likeness (QED) is 0.701. The number of carbonyl (C=O) groups is 2. The van der Waals surface area contributed by atoms with Gasteiger partial charge in [-0.05, 0) is 48.4 Å². The van der Waals surface area contributed by atoms with Crippen LogP contribution in [0.4, 0.5) is 0 Å². The summed E-state index contributed by atoms with van der Waals surface area (Å²) in [5, 5.41) is 5.37. The van der Waals surface area contributed by atoms with Crippen molar-refractivity contribution in [3.05, 3.63) is 53.6 Å². The van der Waals surface area contributed by atoms with Gasteiger partial charge in [-0.15, -0.1) is 0 Å². The topological polar surface area (TPSA) is 85.9 Å². The molecule has 0 radical (unpaired) electrons. The van der Waals surface area contributed by atoms with E-state index in [0.29, 0.717) is 35.8 Å². The second kappa shape index (κ2) is 10.1. The highest BCUT2D eigenvalue weighted by Gasteiger charge is 2.09. The van der Waals surface area contributed by atoms with Gasteiger partial charge in [-0.1, -0.05) is 6.07 Å². The first-order chi connectivity index (χ1) is 13.1. The first-order valence-electron chi connectivity index (χ1n) is 8.47. The first kappa shape index (κ1) is 20.1. The Hall–Kier alpha value is -3.22. The van der Waals surface area contributed by atoms with Gasteiger partial charge in [-0.3, -0.25) is 9.59 Å². The van der Waals surface area contributed by atoms with Crippen LogP contribution in [-0.4, -0.2) is 46.2 Å². The van der Waals surface area contributed by atoms with Crippen molar-refractivity contribution < 1.29 is 23.8 Å². The number of benzene rings is 2. The Kier molecular flexibility index (Phi) is 7.49. The number of nitrogens with one attached hydrogen (secondary N) is 2. The third-order valence-electron chi connectivity index (χ3n) is 3.95. The second-order valence-electron chi connectivity index (χ2n) is 5.70. The summed E-state index contributed by atoms with van der Waals surface area (Å²) in [5.74, 6) is 1.41. The van der Waals surface area contributed by atoms with E-state index in [1.807, 2.05) is 18.2 Å². The van der Waals surface area contributed by atoms with Crippen molar-refractivity contribution >= 4 is 11.8 Å². The number of methoxy groups -OCH3 is 3. The number of rotatable bonds is 9. The zero-order valence-electron chi connectivity index (χ0n) is 15.7. The van der Waals surface area contributed by atoms with E-state index >= 15 is 0 Å². The molecule has 0 fully saturated rings. The number of carbonyl (C=O) groups excluding carboxylic acids is 2. The summed E-state index contributed by atoms with van der Waals surface area (Å²) in [6, 6.07) is 12.3. The van der Waals surface area contributed by atoms with Gasteiger partial charge in [0.25, 0.3) is 5.91 Å². The second-order valence-corrected chi connectivity index (χ2v) is 5.70. The number of amides is 2. The van der Waals surface area contributed by atoms with E-state index in [1.165, 1.54) is 0 Å². The van der Waals surface area contributed by atoms with Gasteiger partial charge in [0.15, 0.2) is 11.5 Å². The van der Waals surface area contributed by atoms with Crippen LogP contribution in [-0.2, 0) is 11.2 Å². The van der Waals surface area contributed by atoms with Gasteiger partial charge in [0.05, 0.1) is 27.9 Å². The third-order valence-corrected chi connectivity index (χ3v) is 3.95. The molecule has 7 heteroatoms. The van der Waals surface area contributed by atoms with Crippen LogP contribution in [0.2, 0.25) is 0 Å². The maximum absolute atomic E-state index is 12.0. The average molecular weight is 372 g/mol. The number of hydrogen-bond donors (Lipinski definition) is 2. The molecule has 0 aliphatic rings. The average Bonchev–Trinajstić information content (AvgIpc) is 2.71. The van der Waals surface area contributed by atoms with Crippen LogP contribution in [0.25, 0.3) is 0 Å². The molecule has 0 heterocycles. The van der Waals surface area contributed by atoms with Gasteiger partial charge < -0.3 is 24.8 Å². The fourth-order valence-corrected chi connectivity index (χ4v) is 2.45. The van der Waals surface area contributed by atoms with Crippen LogP contribution < -0.4 is 24.8 Å². The van der Waals surface area contributed by atoms with Gasteiger partial charge in [0, 0.05) is 12.1 Å². The maximum atomic E-state index is 12.0. The molecular formula is C20H24N2O5. The van der Waals surface area contributed by atoms with Gasteiger partial charge >= 0.3 is 0 Å². The van der Waals surface area contributed by atoms with Crippen LogP contribution in [0, 0.1) is 0 Å². The molecule has 2 aromatic carbocycles. The van der Waals surface area contributed by atoms with Crippen LogP contribution >= 0.6 is 0 Å². The molecule has 0 aliphatic carbocycles. The molecule has 2 N–H and O–H groups in total. The molecule has 2 amide bonds. The standard InChI is InChI=1S/C20H24N2O5/c1-25-16-7-5-15(6-8-16)20(24)22-13-19(23)21-11-10-14-4-9-17(26-2)18(12-14)27-3/h4-9,12H,10-11,13H2,1-3H3,(H,21,23)(H,22,24). The largest absolute Gasteiger partial charge is 0.497 e. The van der Waals surface area contributed by atoms with Gasteiger partial charge in [-0.2, -0.15) is 0 Å². The maximum Gasteiger partial charge on any atom is 0.251 e. The molecule has 0 bridgehead atoms. The Morgan fingerprint density at radius 2 is 1.56 bits per heavy atom. The van der Waals surface area contributed by atoms with Gasteiger partial charge in [0.2, 0.25) is 5.91 Å². The Morgan fingerprint density at radius 1 is 0.852 bits per heavy atom. The van der Waals surface area contributed by atoms with Gasteiger partial charge in [-0.25, -0.2) is 0 Å². The van der Waals surface area contributed by atoms with Crippen molar-refractivity contribution in [2.24, 2.45) is 0 Å². The Morgan fingerprint density at radius 3 is 2.19 bits per heavy atom. The van der Waals surface area contributed by atoms with Gasteiger partial charge in [0.1, 0.15) is 5.75 Å². The third kappa shape index (κ3) is 5.91. The fourth-order valence-electron chi connectivity index (χ4n) is 2.45.